The normalized spacial score (nSPS) is 35.3. The van der Waals surface area contributed by atoms with E-state index >= 15 is 0 Å². The molecule has 176 valence electrons. The molecule has 0 spiro atoms. The van der Waals surface area contributed by atoms with Crippen LogP contribution in [0.1, 0.15) is 49.5 Å². The fraction of sp³-hybridized carbons (Fsp3) is 0.640. The highest BCUT2D eigenvalue weighted by molar-refractivity contribution is 6.13. The summed E-state index contributed by atoms with van der Waals surface area (Å²) in [6, 6.07) is 5.47. The summed E-state index contributed by atoms with van der Waals surface area (Å²) in [5.41, 5.74) is 3.23. The fourth-order valence-electron chi connectivity index (χ4n) is 4.98. The summed E-state index contributed by atoms with van der Waals surface area (Å²) in [5.74, 6) is 0.533. The van der Waals surface area contributed by atoms with Crippen LogP contribution in [-0.4, -0.2) is 71.4 Å². The molecule has 4 rings (SSSR count). The van der Waals surface area contributed by atoms with Gasteiger partial charge in [-0.1, -0.05) is 12.5 Å². The second-order valence-electron chi connectivity index (χ2n) is 9.58. The summed E-state index contributed by atoms with van der Waals surface area (Å²) in [7, 11) is 1.60. The molecule has 0 unspecified atom stereocenters. The maximum atomic E-state index is 12.9. The Balaban J connectivity index is 1.36. The van der Waals surface area contributed by atoms with Gasteiger partial charge in [0.1, 0.15) is 11.9 Å². The van der Waals surface area contributed by atoms with Crippen LogP contribution in [0.4, 0.5) is 0 Å². The van der Waals surface area contributed by atoms with Gasteiger partial charge in [-0.2, -0.15) is 0 Å². The van der Waals surface area contributed by atoms with E-state index in [2.05, 4.69) is 0 Å². The molecule has 3 N–H and O–H groups in total. The number of ketones is 1. The number of hydrogen-bond donors (Lipinski definition) is 3. The quantitative estimate of drug-likeness (QED) is 0.434. The Morgan fingerprint density at radius 2 is 1.97 bits per heavy atom. The monoisotopic (exact) mass is 446 g/mol. The number of benzene rings is 1. The molecule has 32 heavy (non-hydrogen) atoms. The number of rotatable bonds is 7. The number of carbonyl (C=O) groups is 1. The zero-order chi connectivity index (χ0) is 23.2. The number of hydrogen-bond acceptors (Lipinski definition) is 7. The van der Waals surface area contributed by atoms with Crippen LogP contribution in [0.25, 0.3) is 0 Å². The molecule has 8 atom stereocenters. The molecular weight excluding hydrogens is 412 g/mol. The molecular formula is C25H34O7. The van der Waals surface area contributed by atoms with E-state index in [0.717, 1.165) is 22.5 Å². The zero-order valence-corrected chi connectivity index (χ0v) is 19.2. The van der Waals surface area contributed by atoms with Gasteiger partial charge in [0.25, 0.3) is 0 Å². The summed E-state index contributed by atoms with van der Waals surface area (Å²) in [6.45, 7) is 5.91. The maximum Gasteiger partial charge on any atom is 0.189 e. The summed E-state index contributed by atoms with van der Waals surface area (Å²) in [4.78, 5) is 12.9. The third-order valence-electron chi connectivity index (χ3n) is 7.40. The lowest BCUT2D eigenvalue weighted by Crippen LogP contribution is -2.50. The summed E-state index contributed by atoms with van der Waals surface area (Å²) >= 11 is 0. The molecule has 3 aliphatic rings. The summed E-state index contributed by atoms with van der Waals surface area (Å²) in [5, 5.41) is 31.2. The molecule has 2 heterocycles. The first-order valence-corrected chi connectivity index (χ1v) is 11.4. The van der Waals surface area contributed by atoms with Crippen molar-refractivity contribution in [3.8, 4) is 5.75 Å². The lowest BCUT2D eigenvalue weighted by molar-refractivity contribution is -0.165. The van der Waals surface area contributed by atoms with E-state index in [4.69, 9.17) is 14.2 Å². The zero-order valence-electron chi connectivity index (χ0n) is 19.2. The average Bonchev–Trinajstić information content (AvgIpc) is 3.46. The van der Waals surface area contributed by atoms with Crippen molar-refractivity contribution in [1.82, 2.24) is 0 Å². The SMILES string of the molecule is COc1ccc2c(c1)C/C(=C(/C)C[C@@H]1OC[C@H](C[C@@H]3O[C@H]3[C@@H](C)[C@H](C)O)[C@@H](O)[C@H]1O)C2=O. The topological polar surface area (TPSA) is 109 Å². The van der Waals surface area contributed by atoms with Crippen LogP contribution in [0.15, 0.2) is 29.3 Å². The van der Waals surface area contributed by atoms with Gasteiger partial charge in [-0.3, -0.25) is 4.79 Å². The van der Waals surface area contributed by atoms with Crippen molar-refractivity contribution in [3.05, 3.63) is 40.5 Å². The van der Waals surface area contributed by atoms with Crippen molar-refractivity contribution in [2.45, 2.75) is 76.7 Å². The van der Waals surface area contributed by atoms with E-state index in [1.165, 1.54) is 0 Å². The predicted molar refractivity (Wildman–Crippen MR) is 118 cm³/mol. The van der Waals surface area contributed by atoms with Crippen LogP contribution in [0.2, 0.25) is 0 Å². The Hall–Kier alpha value is -1.77. The lowest BCUT2D eigenvalue weighted by Gasteiger charge is -2.38. The smallest absolute Gasteiger partial charge is 0.189 e. The van der Waals surface area contributed by atoms with Gasteiger partial charge in [0.15, 0.2) is 5.78 Å². The van der Waals surface area contributed by atoms with Gasteiger partial charge >= 0.3 is 0 Å². The van der Waals surface area contributed by atoms with Crippen molar-refractivity contribution in [3.63, 3.8) is 0 Å². The third-order valence-corrected chi connectivity index (χ3v) is 7.40. The lowest BCUT2D eigenvalue weighted by atomic mass is 9.85. The molecule has 7 nitrogen and oxygen atoms in total. The summed E-state index contributed by atoms with van der Waals surface area (Å²) in [6.07, 6.45) is -1.50. The predicted octanol–water partition coefficient (Wildman–Crippen LogP) is 2.05. The number of Topliss-reactive ketones (excluding diaryl/α,β-unsaturated/α-hetero) is 1. The highest BCUT2D eigenvalue weighted by Crippen LogP contribution is 2.39. The number of methoxy groups -OCH3 is 1. The molecule has 2 saturated heterocycles. The second-order valence-corrected chi connectivity index (χ2v) is 9.58. The number of carbonyl (C=O) groups excluding carboxylic acids is 1. The van der Waals surface area contributed by atoms with Crippen molar-refractivity contribution < 1.29 is 34.3 Å². The first-order chi connectivity index (χ1) is 15.2. The van der Waals surface area contributed by atoms with Gasteiger partial charge in [0.2, 0.25) is 0 Å². The standard InChI is InChI=1S/C25H34O7/c1-12(19-9-15-8-17(30-4)5-6-18(15)23(19)28)7-20-24(29)22(27)16(11-31-20)10-21-25(32-21)13(2)14(3)26/h5-6,8,13-14,16,20-22,24-27,29H,7,9-11H2,1-4H3/b19-12+/t13-,14-,16-,20-,21-,22+,24-,25-/m0/s1. The minimum absolute atomic E-state index is 0.00744. The van der Waals surface area contributed by atoms with Crippen LogP contribution in [0, 0.1) is 11.8 Å². The van der Waals surface area contributed by atoms with Crippen LogP contribution in [0.3, 0.4) is 0 Å². The highest BCUT2D eigenvalue weighted by atomic mass is 16.6. The van der Waals surface area contributed by atoms with E-state index in [0.29, 0.717) is 31.4 Å². The van der Waals surface area contributed by atoms with Crippen molar-refractivity contribution in [1.29, 1.82) is 0 Å². The van der Waals surface area contributed by atoms with Gasteiger partial charge in [0, 0.05) is 29.4 Å². The molecule has 0 amide bonds. The van der Waals surface area contributed by atoms with Crippen molar-refractivity contribution in [2.24, 2.45) is 11.8 Å². The second kappa shape index (κ2) is 9.23. The van der Waals surface area contributed by atoms with E-state index in [-0.39, 0.29) is 29.8 Å². The molecule has 1 aromatic rings. The van der Waals surface area contributed by atoms with Crippen LogP contribution in [-0.2, 0) is 15.9 Å². The van der Waals surface area contributed by atoms with Crippen LogP contribution >= 0.6 is 0 Å². The number of allylic oxidation sites excluding steroid dienone is 1. The minimum atomic E-state index is -1.03. The first-order valence-electron chi connectivity index (χ1n) is 11.4. The molecule has 0 aromatic heterocycles. The Kier molecular flexibility index (Phi) is 6.75. The van der Waals surface area contributed by atoms with Gasteiger partial charge < -0.3 is 29.5 Å². The van der Waals surface area contributed by atoms with Gasteiger partial charge in [-0.05, 0) is 50.5 Å². The molecule has 0 radical (unpaired) electrons. The molecule has 0 bridgehead atoms. The molecule has 1 aliphatic carbocycles. The van der Waals surface area contributed by atoms with Crippen molar-refractivity contribution >= 4 is 5.78 Å². The molecule has 1 aromatic carbocycles. The first kappa shape index (κ1) is 23.4. The van der Waals surface area contributed by atoms with Gasteiger partial charge in [0.05, 0.1) is 44.2 Å². The Morgan fingerprint density at radius 1 is 1.22 bits per heavy atom. The number of aliphatic hydroxyl groups excluding tert-OH is 3. The molecule has 2 fully saturated rings. The minimum Gasteiger partial charge on any atom is -0.497 e. The summed E-state index contributed by atoms with van der Waals surface area (Å²) < 4.78 is 16.9. The number of fused-ring (bicyclic) bond motifs is 1. The van der Waals surface area contributed by atoms with E-state index < -0.39 is 24.4 Å². The Labute approximate surface area is 189 Å². The van der Waals surface area contributed by atoms with Crippen LogP contribution in [0.5, 0.6) is 5.75 Å². The van der Waals surface area contributed by atoms with Gasteiger partial charge in [-0.25, -0.2) is 0 Å². The van der Waals surface area contributed by atoms with Gasteiger partial charge in [-0.15, -0.1) is 0 Å². The fourth-order valence-corrected chi connectivity index (χ4v) is 4.98. The average molecular weight is 447 g/mol. The van der Waals surface area contributed by atoms with E-state index in [1.54, 1.807) is 26.2 Å². The third kappa shape index (κ3) is 4.50. The largest absolute Gasteiger partial charge is 0.497 e. The Morgan fingerprint density at radius 3 is 2.66 bits per heavy atom. The maximum absolute atomic E-state index is 12.9. The van der Waals surface area contributed by atoms with Crippen molar-refractivity contribution in [2.75, 3.05) is 13.7 Å². The van der Waals surface area contributed by atoms with Crippen LogP contribution < -0.4 is 4.74 Å². The number of aliphatic hydroxyl groups is 3. The molecule has 2 aliphatic heterocycles. The number of ether oxygens (including phenoxy) is 3. The van der Waals surface area contributed by atoms with E-state index in [9.17, 15) is 20.1 Å². The number of epoxide rings is 1. The highest BCUT2D eigenvalue weighted by Gasteiger charge is 2.48. The Bertz CT molecular complexity index is 892. The molecule has 7 heteroatoms. The molecule has 0 saturated carbocycles. The van der Waals surface area contributed by atoms with E-state index in [1.807, 2.05) is 19.9 Å².